The van der Waals surface area contributed by atoms with Crippen LogP contribution in [0.25, 0.3) is 10.9 Å². The number of carbonyl (C=O) groups is 2. The molecule has 182 valence electrons. The SMILES string of the molecule is C=CCNCCN1C(=O)N2C(c3cccc(O)c3)c3[nH]c4ccc(OCC)cc4c3CC2(C)C1=O. The third-order valence-electron chi connectivity index (χ3n) is 6.94. The molecule has 5 rings (SSSR count). The van der Waals surface area contributed by atoms with Crippen LogP contribution in [0.15, 0.2) is 55.1 Å². The second-order valence-corrected chi connectivity index (χ2v) is 9.21. The van der Waals surface area contributed by atoms with Gasteiger partial charge in [-0.25, -0.2) is 4.79 Å². The zero-order valence-corrected chi connectivity index (χ0v) is 20.0. The number of aromatic nitrogens is 1. The molecular formula is C27H30N4O4. The molecule has 0 bridgehead atoms. The molecule has 2 aliphatic rings. The lowest BCUT2D eigenvalue weighted by atomic mass is 9.81. The van der Waals surface area contributed by atoms with Gasteiger partial charge < -0.3 is 20.1 Å². The molecule has 8 heteroatoms. The summed E-state index contributed by atoms with van der Waals surface area (Å²) in [7, 11) is 0. The van der Waals surface area contributed by atoms with Gasteiger partial charge in [0.2, 0.25) is 0 Å². The van der Waals surface area contributed by atoms with Gasteiger partial charge in [0.25, 0.3) is 5.91 Å². The molecule has 35 heavy (non-hydrogen) atoms. The van der Waals surface area contributed by atoms with Crippen molar-refractivity contribution in [3.63, 3.8) is 0 Å². The number of nitrogens with one attached hydrogen (secondary N) is 2. The zero-order chi connectivity index (χ0) is 24.7. The Morgan fingerprint density at radius 1 is 1.29 bits per heavy atom. The highest BCUT2D eigenvalue weighted by molar-refractivity contribution is 6.08. The average Bonchev–Trinajstić information content (AvgIpc) is 3.28. The van der Waals surface area contributed by atoms with Gasteiger partial charge >= 0.3 is 6.03 Å². The molecule has 1 saturated heterocycles. The van der Waals surface area contributed by atoms with Crippen LogP contribution in [0.1, 0.15) is 36.7 Å². The predicted molar refractivity (Wildman–Crippen MR) is 134 cm³/mol. The van der Waals surface area contributed by atoms with E-state index in [-0.39, 0.29) is 24.2 Å². The van der Waals surface area contributed by atoms with Gasteiger partial charge in [-0.15, -0.1) is 6.58 Å². The second-order valence-electron chi connectivity index (χ2n) is 9.21. The topological polar surface area (TPSA) is 97.9 Å². The maximum Gasteiger partial charge on any atom is 0.328 e. The summed E-state index contributed by atoms with van der Waals surface area (Å²) in [5.41, 5.74) is 2.43. The van der Waals surface area contributed by atoms with Gasteiger partial charge in [-0.2, -0.15) is 0 Å². The first-order valence-electron chi connectivity index (χ1n) is 11.9. The van der Waals surface area contributed by atoms with E-state index in [4.69, 9.17) is 4.74 Å². The third kappa shape index (κ3) is 3.65. The van der Waals surface area contributed by atoms with Crippen molar-refractivity contribution in [1.82, 2.24) is 20.1 Å². The number of hydrogen-bond donors (Lipinski definition) is 3. The number of imide groups is 1. The smallest absolute Gasteiger partial charge is 0.328 e. The average molecular weight is 475 g/mol. The Balaban J connectivity index is 1.65. The van der Waals surface area contributed by atoms with Crippen molar-refractivity contribution in [3.8, 4) is 11.5 Å². The third-order valence-corrected chi connectivity index (χ3v) is 6.94. The number of H-pyrrole nitrogens is 1. The molecule has 3 amide bonds. The normalized spacial score (nSPS) is 21.4. The molecule has 1 aromatic heterocycles. The van der Waals surface area contributed by atoms with E-state index in [2.05, 4.69) is 16.9 Å². The van der Waals surface area contributed by atoms with Gasteiger partial charge in [0, 0.05) is 42.7 Å². The van der Waals surface area contributed by atoms with Gasteiger partial charge in [-0.3, -0.25) is 14.6 Å². The van der Waals surface area contributed by atoms with E-state index in [0.717, 1.165) is 33.5 Å². The number of phenols is 1. The van der Waals surface area contributed by atoms with Crippen molar-refractivity contribution in [3.05, 3.63) is 71.9 Å². The number of hydrogen-bond acceptors (Lipinski definition) is 5. The molecule has 8 nitrogen and oxygen atoms in total. The van der Waals surface area contributed by atoms with Gasteiger partial charge in [0.1, 0.15) is 23.1 Å². The molecule has 2 unspecified atom stereocenters. The predicted octanol–water partition coefficient (Wildman–Crippen LogP) is 3.72. The number of amides is 3. The Labute approximate surface area is 204 Å². The highest BCUT2D eigenvalue weighted by Crippen LogP contribution is 2.49. The van der Waals surface area contributed by atoms with E-state index in [1.807, 2.05) is 38.1 Å². The number of benzene rings is 2. The molecule has 0 radical (unpaired) electrons. The summed E-state index contributed by atoms with van der Waals surface area (Å²) in [4.78, 5) is 34.0. The number of urea groups is 1. The van der Waals surface area contributed by atoms with Crippen LogP contribution in [0.2, 0.25) is 0 Å². The number of aromatic hydroxyl groups is 1. The lowest BCUT2D eigenvalue weighted by Crippen LogP contribution is -2.53. The maximum absolute atomic E-state index is 13.7. The van der Waals surface area contributed by atoms with Crippen molar-refractivity contribution in [2.45, 2.75) is 31.8 Å². The number of phenolic OH excluding ortho intramolecular Hbond substituents is 1. The quantitative estimate of drug-likeness (QED) is 0.263. The number of aromatic amines is 1. The minimum atomic E-state index is -1.06. The number of ether oxygens (including phenoxy) is 1. The molecule has 0 aliphatic carbocycles. The summed E-state index contributed by atoms with van der Waals surface area (Å²) in [6, 6.07) is 11.9. The lowest BCUT2D eigenvalue weighted by Gasteiger charge is -2.42. The molecule has 2 aromatic carbocycles. The van der Waals surface area contributed by atoms with Crippen molar-refractivity contribution in [2.24, 2.45) is 0 Å². The van der Waals surface area contributed by atoms with E-state index in [1.54, 1.807) is 29.2 Å². The van der Waals surface area contributed by atoms with Crippen LogP contribution in [-0.2, 0) is 11.2 Å². The Morgan fingerprint density at radius 3 is 2.86 bits per heavy atom. The number of nitrogens with zero attached hydrogens (tertiary/aromatic N) is 2. The van der Waals surface area contributed by atoms with Gasteiger partial charge in [0.05, 0.1) is 6.61 Å². The van der Waals surface area contributed by atoms with E-state index >= 15 is 0 Å². The highest BCUT2D eigenvalue weighted by atomic mass is 16.5. The van der Waals surface area contributed by atoms with Crippen molar-refractivity contribution in [2.75, 3.05) is 26.2 Å². The molecule has 3 N–H and O–H groups in total. The van der Waals surface area contributed by atoms with Crippen LogP contribution in [0.4, 0.5) is 4.79 Å². The molecule has 3 heterocycles. The molecule has 0 spiro atoms. The molecule has 2 aliphatic heterocycles. The fraction of sp³-hybridized carbons (Fsp3) is 0.333. The highest BCUT2D eigenvalue weighted by Gasteiger charge is 2.60. The maximum atomic E-state index is 13.7. The fourth-order valence-corrected chi connectivity index (χ4v) is 5.38. The monoisotopic (exact) mass is 474 g/mol. The van der Waals surface area contributed by atoms with Crippen LogP contribution >= 0.6 is 0 Å². The van der Waals surface area contributed by atoms with E-state index in [1.165, 1.54) is 4.90 Å². The molecule has 3 aromatic rings. The van der Waals surface area contributed by atoms with Crippen molar-refractivity contribution in [1.29, 1.82) is 0 Å². The fourth-order valence-electron chi connectivity index (χ4n) is 5.38. The Kier molecular flexibility index (Phi) is 5.76. The van der Waals surface area contributed by atoms with Crippen molar-refractivity contribution >= 4 is 22.8 Å². The Morgan fingerprint density at radius 2 is 2.11 bits per heavy atom. The molecule has 1 fully saturated rings. The number of rotatable bonds is 8. The lowest BCUT2D eigenvalue weighted by molar-refractivity contribution is -0.133. The van der Waals surface area contributed by atoms with Gasteiger partial charge in [0.15, 0.2) is 0 Å². The summed E-state index contributed by atoms with van der Waals surface area (Å²) >= 11 is 0. The summed E-state index contributed by atoms with van der Waals surface area (Å²) in [6.45, 7) is 9.38. The first kappa shape index (κ1) is 23.0. The molecule has 0 saturated carbocycles. The minimum absolute atomic E-state index is 0.106. The van der Waals surface area contributed by atoms with E-state index in [9.17, 15) is 14.7 Å². The zero-order valence-electron chi connectivity index (χ0n) is 20.0. The Bertz CT molecular complexity index is 1320. The van der Waals surface area contributed by atoms with E-state index in [0.29, 0.717) is 26.1 Å². The largest absolute Gasteiger partial charge is 0.508 e. The minimum Gasteiger partial charge on any atom is -0.508 e. The van der Waals surface area contributed by atoms with Crippen LogP contribution in [-0.4, -0.2) is 63.6 Å². The van der Waals surface area contributed by atoms with Gasteiger partial charge in [-0.1, -0.05) is 18.2 Å². The summed E-state index contributed by atoms with van der Waals surface area (Å²) in [6.07, 6.45) is 2.12. The molecule has 2 atom stereocenters. The first-order chi connectivity index (χ1) is 16.9. The van der Waals surface area contributed by atoms with Crippen LogP contribution in [0.3, 0.4) is 0 Å². The van der Waals surface area contributed by atoms with Crippen molar-refractivity contribution < 1.29 is 19.4 Å². The number of fused-ring (bicyclic) bond motifs is 4. The van der Waals surface area contributed by atoms with E-state index < -0.39 is 11.6 Å². The summed E-state index contributed by atoms with van der Waals surface area (Å²) in [5.74, 6) is 0.649. The number of carbonyl (C=O) groups excluding carboxylic acids is 2. The first-order valence-corrected chi connectivity index (χ1v) is 11.9. The summed E-state index contributed by atoms with van der Waals surface area (Å²) < 4.78 is 5.73. The van der Waals surface area contributed by atoms with Gasteiger partial charge in [-0.05, 0) is 55.3 Å². The Hall–Kier alpha value is -3.78. The standard InChI is InChI=1S/C27H30N4O4/c1-4-11-28-12-13-30-25(33)27(3)16-21-20-15-19(35-5-2)9-10-22(20)29-23(21)24(31(27)26(30)34)17-7-6-8-18(32)14-17/h4,6-10,14-15,24,28-29,32H,1,5,11-13,16H2,2-3H3. The summed E-state index contributed by atoms with van der Waals surface area (Å²) in [5, 5.41) is 14.4. The van der Waals surface area contributed by atoms with Crippen LogP contribution in [0, 0.1) is 0 Å². The van der Waals surface area contributed by atoms with Crippen LogP contribution in [0.5, 0.6) is 11.5 Å². The second kappa shape index (κ2) is 8.78. The van der Waals surface area contributed by atoms with Crippen LogP contribution < -0.4 is 10.1 Å². The molecular weight excluding hydrogens is 444 g/mol.